The summed E-state index contributed by atoms with van der Waals surface area (Å²) in [5.41, 5.74) is 1.32. The molecule has 7 nitrogen and oxygen atoms in total. The number of para-hydroxylation sites is 2. The predicted molar refractivity (Wildman–Crippen MR) is 130 cm³/mol. The fourth-order valence-electron chi connectivity index (χ4n) is 5.67. The maximum absolute atomic E-state index is 13.7. The Bertz CT molecular complexity index is 1060. The number of likely N-dealkylation sites (tertiary alicyclic amines) is 1. The van der Waals surface area contributed by atoms with Crippen LogP contribution in [-0.4, -0.2) is 78.2 Å². The third-order valence-electron chi connectivity index (χ3n) is 7.91. The Morgan fingerprint density at radius 1 is 0.882 bits per heavy atom. The third kappa shape index (κ3) is 3.82. The van der Waals surface area contributed by atoms with Crippen LogP contribution in [-0.2, 0) is 4.79 Å². The van der Waals surface area contributed by atoms with Crippen molar-refractivity contribution in [2.45, 2.75) is 31.2 Å². The lowest BCUT2D eigenvalue weighted by molar-refractivity contribution is -0.133. The van der Waals surface area contributed by atoms with E-state index in [1.165, 1.54) is 12.8 Å². The van der Waals surface area contributed by atoms with E-state index in [0.717, 1.165) is 44.7 Å². The Morgan fingerprint density at radius 3 is 2.38 bits per heavy atom. The largest absolute Gasteiger partial charge is 0.472 e. The molecule has 3 aliphatic heterocycles. The molecule has 1 saturated carbocycles. The van der Waals surface area contributed by atoms with Gasteiger partial charge in [-0.25, -0.2) is 0 Å². The Hall–Kier alpha value is -3.06. The van der Waals surface area contributed by atoms with E-state index in [2.05, 4.69) is 39.0 Å². The number of benzene rings is 2. The van der Waals surface area contributed by atoms with Crippen LogP contribution >= 0.6 is 0 Å². The number of hydrogen-bond donors (Lipinski definition) is 0. The number of fused-ring (bicyclic) bond motifs is 1. The number of piperidine rings is 1. The van der Waals surface area contributed by atoms with E-state index in [-0.39, 0.29) is 5.91 Å². The Balaban J connectivity index is 1.11. The standard InChI is InChI=1S/C27H32N4O3/c32-25-23-8-4-5-9-24(23)34-20-29(25)17-16-28-14-12-27(13-15-28)26(33)30(18-21-10-11-21)19-31(27)22-6-2-1-3-7-22/h1-9,21H,10-20H2. The van der Waals surface area contributed by atoms with Gasteiger partial charge in [0, 0.05) is 38.4 Å². The number of anilines is 1. The topological polar surface area (TPSA) is 56.3 Å². The van der Waals surface area contributed by atoms with Crippen LogP contribution in [0.4, 0.5) is 5.69 Å². The molecule has 4 aliphatic rings. The summed E-state index contributed by atoms with van der Waals surface area (Å²) >= 11 is 0. The number of ether oxygens (including phenoxy) is 1. The maximum Gasteiger partial charge on any atom is 0.260 e. The van der Waals surface area contributed by atoms with Crippen LogP contribution in [0.15, 0.2) is 54.6 Å². The zero-order valence-corrected chi connectivity index (χ0v) is 19.6. The van der Waals surface area contributed by atoms with Crippen molar-refractivity contribution in [2.75, 3.05) is 51.0 Å². The molecule has 1 spiro atoms. The molecule has 2 aromatic rings. The molecule has 34 heavy (non-hydrogen) atoms. The fraction of sp³-hybridized carbons (Fsp3) is 0.481. The van der Waals surface area contributed by atoms with Gasteiger partial charge in [-0.3, -0.25) is 9.59 Å². The monoisotopic (exact) mass is 460 g/mol. The van der Waals surface area contributed by atoms with Gasteiger partial charge in [0.2, 0.25) is 5.91 Å². The lowest BCUT2D eigenvalue weighted by Gasteiger charge is -2.43. The highest BCUT2D eigenvalue weighted by molar-refractivity contribution is 5.97. The van der Waals surface area contributed by atoms with Crippen LogP contribution in [0.2, 0.25) is 0 Å². The van der Waals surface area contributed by atoms with Gasteiger partial charge in [-0.1, -0.05) is 30.3 Å². The molecular formula is C27H32N4O3. The first-order valence-electron chi connectivity index (χ1n) is 12.5. The molecular weight excluding hydrogens is 428 g/mol. The van der Waals surface area contributed by atoms with Gasteiger partial charge in [0.15, 0.2) is 6.73 Å². The first-order chi connectivity index (χ1) is 16.6. The molecule has 178 valence electrons. The van der Waals surface area contributed by atoms with Crippen LogP contribution in [0, 0.1) is 5.92 Å². The molecule has 6 rings (SSSR count). The molecule has 2 aromatic carbocycles. The van der Waals surface area contributed by atoms with E-state index in [1.54, 1.807) is 4.90 Å². The first-order valence-corrected chi connectivity index (χ1v) is 12.5. The van der Waals surface area contributed by atoms with Crippen molar-refractivity contribution >= 4 is 17.5 Å². The summed E-state index contributed by atoms with van der Waals surface area (Å²) < 4.78 is 5.78. The lowest BCUT2D eigenvalue weighted by atomic mass is 9.85. The van der Waals surface area contributed by atoms with Gasteiger partial charge in [-0.2, -0.15) is 0 Å². The highest BCUT2D eigenvalue weighted by atomic mass is 16.5. The van der Waals surface area contributed by atoms with Gasteiger partial charge < -0.3 is 24.3 Å². The molecule has 3 fully saturated rings. The molecule has 2 amide bonds. The van der Waals surface area contributed by atoms with E-state index < -0.39 is 5.54 Å². The SMILES string of the molecule is O=C1c2ccccc2OCN1CCN1CCC2(CC1)C(=O)N(CC1CC1)CN2c1ccccc1. The molecule has 0 unspecified atom stereocenters. The summed E-state index contributed by atoms with van der Waals surface area (Å²) in [5, 5.41) is 0. The number of carbonyl (C=O) groups is 2. The van der Waals surface area contributed by atoms with E-state index in [0.29, 0.717) is 43.1 Å². The summed E-state index contributed by atoms with van der Waals surface area (Å²) in [7, 11) is 0. The van der Waals surface area contributed by atoms with Crippen LogP contribution in [0.5, 0.6) is 5.75 Å². The molecule has 0 bridgehead atoms. The van der Waals surface area contributed by atoms with Crippen LogP contribution < -0.4 is 9.64 Å². The maximum atomic E-state index is 13.7. The van der Waals surface area contributed by atoms with Gasteiger partial charge in [0.1, 0.15) is 11.3 Å². The van der Waals surface area contributed by atoms with Crippen LogP contribution in [0.3, 0.4) is 0 Å². The van der Waals surface area contributed by atoms with Crippen molar-refractivity contribution in [3.05, 3.63) is 60.2 Å². The van der Waals surface area contributed by atoms with Crippen LogP contribution in [0.1, 0.15) is 36.0 Å². The van der Waals surface area contributed by atoms with Gasteiger partial charge in [-0.05, 0) is 55.9 Å². The average molecular weight is 461 g/mol. The van der Waals surface area contributed by atoms with Crippen molar-refractivity contribution in [3.63, 3.8) is 0 Å². The minimum atomic E-state index is -0.449. The fourth-order valence-corrected chi connectivity index (χ4v) is 5.67. The predicted octanol–water partition coefficient (Wildman–Crippen LogP) is 3.03. The molecule has 0 radical (unpaired) electrons. The number of amides is 2. The van der Waals surface area contributed by atoms with Gasteiger partial charge in [-0.15, -0.1) is 0 Å². The summed E-state index contributed by atoms with van der Waals surface area (Å²) in [6.45, 7) is 5.01. The second-order valence-electron chi connectivity index (χ2n) is 10.1. The molecule has 1 aliphatic carbocycles. The molecule has 3 heterocycles. The van der Waals surface area contributed by atoms with E-state index in [1.807, 2.05) is 30.3 Å². The molecule has 0 aromatic heterocycles. The first kappa shape index (κ1) is 21.5. The van der Waals surface area contributed by atoms with E-state index in [9.17, 15) is 9.59 Å². The Labute approximate surface area is 200 Å². The van der Waals surface area contributed by atoms with Crippen molar-refractivity contribution in [3.8, 4) is 5.75 Å². The molecule has 2 saturated heterocycles. The lowest BCUT2D eigenvalue weighted by Crippen LogP contribution is -2.57. The highest BCUT2D eigenvalue weighted by Crippen LogP contribution is 2.41. The minimum absolute atomic E-state index is 0.0345. The smallest absolute Gasteiger partial charge is 0.260 e. The zero-order chi connectivity index (χ0) is 23.1. The molecule has 0 N–H and O–H groups in total. The normalized spacial score (nSPS) is 22.3. The Kier molecular flexibility index (Phi) is 5.44. The summed E-state index contributed by atoms with van der Waals surface area (Å²) in [6.07, 6.45) is 4.13. The number of carbonyl (C=O) groups excluding carboxylic acids is 2. The summed E-state index contributed by atoms with van der Waals surface area (Å²) in [4.78, 5) is 35.2. The van der Waals surface area contributed by atoms with Crippen LogP contribution in [0.25, 0.3) is 0 Å². The number of hydrogen-bond acceptors (Lipinski definition) is 5. The van der Waals surface area contributed by atoms with Gasteiger partial charge in [0.05, 0.1) is 12.2 Å². The van der Waals surface area contributed by atoms with E-state index in [4.69, 9.17) is 4.74 Å². The zero-order valence-electron chi connectivity index (χ0n) is 19.6. The van der Waals surface area contributed by atoms with Crippen molar-refractivity contribution in [1.82, 2.24) is 14.7 Å². The quantitative estimate of drug-likeness (QED) is 0.663. The molecule has 0 atom stereocenters. The number of nitrogens with zero attached hydrogens (tertiary/aromatic N) is 4. The Morgan fingerprint density at radius 2 is 1.62 bits per heavy atom. The summed E-state index contributed by atoms with van der Waals surface area (Å²) in [5.74, 6) is 1.69. The third-order valence-corrected chi connectivity index (χ3v) is 7.91. The molecule has 7 heteroatoms. The minimum Gasteiger partial charge on any atom is -0.472 e. The van der Waals surface area contributed by atoms with Gasteiger partial charge in [0.25, 0.3) is 5.91 Å². The van der Waals surface area contributed by atoms with Crippen molar-refractivity contribution in [2.24, 2.45) is 5.92 Å². The highest BCUT2D eigenvalue weighted by Gasteiger charge is 2.54. The summed E-state index contributed by atoms with van der Waals surface area (Å²) in [6, 6.07) is 17.8. The van der Waals surface area contributed by atoms with Crippen molar-refractivity contribution in [1.29, 1.82) is 0 Å². The van der Waals surface area contributed by atoms with Crippen molar-refractivity contribution < 1.29 is 14.3 Å². The average Bonchev–Trinajstić information content (AvgIpc) is 3.67. The number of rotatable bonds is 6. The van der Waals surface area contributed by atoms with E-state index >= 15 is 0 Å². The second kappa shape index (κ2) is 8.62. The van der Waals surface area contributed by atoms with Gasteiger partial charge >= 0.3 is 0 Å². The second-order valence-corrected chi connectivity index (χ2v) is 10.1.